The molecule has 1 heterocycles. The maximum Gasteiger partial charge on any atom is 0.0407 e. The Morgan fingerprint density at radius 3 is 2.59 bits per heavy atom. The lowest BCUT2D eigenvalue weighted by Gasteiger charge is -2.30. The van der Waals surface area contributed by atoms with E-state index in [-0.39, 0.29) is 0 Å². The lowest BCUT2D eigenvalue weighted by molar-refractivity contribution is 0.423. The SMILES string of the molecule is C=CCC.CC1=C(N(/C=C(C)/C=C/CCl)CCc2ccccc2)CCNC1. The van der Waals surface area contributed by atoms with E-state index < -0.39 is 0 Å². The molecule has 0 spiro atoms. The zero-order valence-electron chi connectivity index (χ0n) is 17.2. The average molecular weight is 387 g/mol. The molecule has 0 bridgehead atoms. The smallest absolute Gasteiger partial charge is 0.0407 e. The van der Waals surface area contributed by atoms with Crippen LogP contribution in [-0.4, -0.2) is 30.4 Å². The number of rotatable bonds is 8. The number of nitrogens with one attached hydrogen (secondary N) is 1. The van der Waals surface area contributed by atoms with Gasteiger partial charge in [-0.15, -0.1) is 18.2 Å². The summed E-state index contributed by atoms with van der Waals surface area (Å²) in [4.78, 5) is 2.43. The molecular formula is C24H35ClN2. The van der Waals surface area contributed by atoms with E-state index in [4.69, 9.17) is 11.6 Å². The van der Waals surface area contributed by atoms with Crippen molar-refractivity contribution in [2.75, 3.05) is 25.5 Å². The predicted molar refractivity (Wildman–Crippen MR) is 121 cm³/mol. The Hall–Kier alpha value is -1.77. The van der Waals surface area contributed by atoms with E-state index in [0.717, 1.165) is 38.9 Å². The molecule has 1 N–H and O–H groups in total. The highest BCUT2D eigenvalue weighted by molar-refractivity contribution is 6.18. The van der Waals surface area contributed by atoms with Crippen LogP contribution >= 0.6 is 11.6 Å². The standard InChI is InChI=1S/C20H27ClN2.C4H8/c1-17(7-6-12-21)16-23(20-10-13-22-15-18(20)2)14-11-19-8-4-3-5-9-19;1-3-4-2/h3-9,16,22H,10-15H2,1-2H3;3H,1,4H2,2H3/b7-6+,17-16+;. The zero-order valence-corrected chi connectivity index (χ0v) is 17.9. The molecule has 148 valence electrons. The first-order valence-electron chi connectivity index (χ1n) is 9.84. The zero-order chi connectivity index (χ0) is 19.9. The van der Waals surface area contributed by atoms with E-state index in [9.17, 15) is 0 Å². The molecule has 0 saturated carbocycles. The number of allylic oxidation sites excluding steroid dienone is 4. The first-order chi connectivity index (χ1) is 13.1. The van der Waals surface area contributed by atoms with Crippen LogP contribution in [0.15, 0.2) is 78.2 Å². The third kappa shape index (κ3) is 9.65. The van der Waals surface area contributed by atoms with Crippen molar-refractivity contribution in [3.05, 3.63) is 83.7 Å². The molecule has 0 radical (unpaired) electrons. The molecule has 1 aromatic rings. The number of nitrogens with zero attached hydrogens (tertiary/aromatic N) is 1. The summed E-state index contributed by atoms with van der Waals surface area (Å²) in [5, 5.41) is 3.44. The van der Waals surface area contributed by atoms with Crippen LogP contribution in [-0.2, 0) is 6.42 Å². The van der Waals surface area contributed by atoms with Crippen LogP contribution in [0.2, 0.25) is 0 Å². The summed E-state index contributed by atoms with van der Waals surface area (Å²) in [5.74, 6) is 0.556. The first-order valence-corrected chi connectivity index (χ1v) is 10.4. The van der Waals surface area contributed by atoms with Gasteiger partial charge in [0.15, 0.2) is 0 Å². The minimum atomic E-state index is 0.556. The molecule has 1 aliphatic rings. The van der Waals surface area contributed by atoms with Gasteiger partial charge < -0.3 is 10.2 Å². The van der Waals surface area contributed by atoms with Crippen LogP contribution in [0.25, 0.3) is 0 Å². The molecule has 2 rings (SSSR count). The molecule has 27 heavy (non-hydrogen) atoms. The van der Waals surface area contributed by atoms with Gasteiger partial charge in [0.25, 0.3) is 0 Å². The Morgan fingerprint density at radius 1 is 1.30 bits per heavy atom. The summed E-state index contributed by atoms with van der Waals surface area (Å²) >= 11 is 5.75. The highest BCUT2D eigenvalue weighted by Crippen LogP contribution is 2.20. The average Bonchev–Trinajstić information content (AvgIpc) is 2.71. The lowest BCUT2D eigenvalue weighted by atomic mass is 10.1. The summed E-state index contributed by atoms with van der Waals surface area (Å²) in [5.41, 5.74) is 5.51. The normalized spacial score (nSPS) is 14.7. The van der Waals surface area contributed by atoms with E-state index >= 15 is 0 Å². The van der Waals surface area contributed by atoms with Crippen molar-refractivity contribution < 1.29 is 0 Å². The number of halogens is 1. The van der Waals surface area contributed by atoms with E-state index in [1.54, 1.807) is 0 Å². The Labute approximate surface area is 171 Å². The van der Waals surface area contributed by atoms with Gasteiger partial charge >= 0.3 is 0 Å². The molecule has 0 saturated heterocycles. The Kier molecular flexibility index (Phi) is 12.3. The number of benzene rings is 1. The van der Waals surface area contributed by atoms with Gasteiger partial charge in [-0.3, -0.25) is 0 Å². The van der Waals surface area contributed by atoms with Gasteiger partial charge in [0, 0.05) is 43.8 Å². The van der Waals surface area contributed by atoms with Gasteiger partial charge in [-0.05, 0) is 43.4 Å². The second-order valence-electron chi connectivity index (χ2n) is 6.71. The van der Waals surface area contributed by atoms with E-state index in [0.29, 0.717) is 5.88 Å². The molecule has 0 fully saturated rings. The summed E-state index contributed by atoms with van der Waals surface area (Å²) < 4.78 is 0. The van der Waals surface area contributed by atoms with E-state index in [1.165, 1.54) is 22.4 Å². The van der Waals surface area contributed by atoms with Gasteiger partial charge in [0.1, 0.15) is 0 Å². The number of hydrogen-bond acceptors (Lipinski definition) is 2. The van der Waals surface area contributed by atoms with Crippen molar-refractivity contribution >= 4 is 11.6 Å². The third-order valence-corrected chi connectivity index (χ3v) is 4.55. The van der Waals surface area contributed by atoms with Crippen molar-refractivity contribution in [3.63, 3.8) is 0 Å². The lowest BCUT2D eigenvalue weighted by Crippen LogP contribution is -2.31. The van der Waals surface area contributed by atoms with Gasteiger partial charge in [-0.25, -0.2) is 0 Å². The Bertz CT molecular complexity index is 629. The van der Waals surface area contributed by atoms with Crippen LogP contribution in [0.3, 0.4) is 0 Å². The van der Waals surface area contributed by atoms with Crippen LogP contribution < -0.4 is 5.32 Å². The fourth-order valence-electron chi connectivity index (χ4n) is 2.88. The summed E-state index contributed by atoms with van der Waals surface area (Å²) in [7, 11) is 0. The van der Waals surface area contributed by atoms with Gasteiger partial charge in [-0.2, -0.15) is 0 Å². The monoisotopic (exact) mass is 386 g/mol. The van der Waals surface area contributed by atoms with Gasteiger partial charge in [-0.1, -0.05) is 55.5 Å². The Balaban J connectivity index is 0.000000828. The van der Waals surface area contributed by atoms with Gasteiger partial charge in [0.05, 0.1) is 0 Å². The molecule has 1 aliphatic heterocycles. The number of alkyl halides is 1. The first kappa shape index (κ1) is 23.3. The maximum absolute atomic E-state index is 5.75. The van der Waals surface area contributed by atoms with Crippen LogP contribution in [0, 0.1) is 0 Å². The molecule has 3 heteroatoms. The summed E-state index contributed by atoms with van der Waals surface area (Å²) in [6.07, 6.45) is 11.4. The topological polar surface area (TPSA) is 15.3 Å². The largest absolute Gasteiger partial charge is 0.351 e. The minimum Gasteiger partial charge on any atom is -0.351 e. The molecular weight excluding hydrogens is 352 g/mol. The quantitative estimate of drug-likeness (QED) is 0.331. The molecule has 1 aromatic carbocycles. The number of hydrogen-bond donors (Lipinski definition) is 1. The van der Waals surface area contributed by atoms with Crippen LogP contribution in [0.4, 0.5) is 0 Å². The minimum absolute atomic E-state index is 0.556. The van der Waals surface area contributed by atoms with E-state index in [2.05, 4.69) is 80.2 Å². The van der Waals surface area contributed by atoms with Crippen molar-refractivity contribution in [3.8, 4) is 0 Å². The molecule has 0 aliphatic carbocycles. The third-order valence-electron chi connectivity index (χ3n) is 4.37. The Morgan fingerprint density at radius 2 is 2.00 bits per heavy atom. The predicted octanol–water partition coefficient (Wildman–Crippen LogP) is 6.08. The molecule has 2 nitrogen and oxygen atoms in total. The summed E-state index contributed by atoms with van der Waals surface area (Å²) in [6, 6.07) is 10.7. The molecule has 0 unspecified atom stereocenters. The second-order valence-corrected chi connectivity index (χ2v) is 7.02. The summed E-state index contributed by atoms with van der Waals surface area (Å²) in [6.45, 7) is 13.0. The van der Waals surface area contributed by atoms with Crippen molar-refractivity contribution in [2.45, 2.75) is 40.0 Å². The maximum atomic E-state index is 5.75. The van der Waals surface area contributed by atoms with Crippen molar-refractivity contribution in [2.24, 2.45) is 0 Å². The fourth-order valence-corrected chi connectivity index (χ4v) is 2.97. The second kappa shape index (κ2) is 14.3. The molecule has 0 amide bonds. The van der Waals surface area contributed by atoms with Gasteiger partial charge in [0.2, 0.25) is 0 Å². The van der Waals surface area contributed by atoms with Crippen molar-refractivity contribution in [1.82, 2.24) is 10.2 Å². The molecule has 0 atom stereocenters. The fraction of sp³-hybridized carbons (Fsp3) is 0.417. The molecule has 0 aromatic heterocycles. The highest BCUT2D eigenvalue weighted by atomic mass is 35.5. The van der Waals surface area contributed by atoms with Crippen LogP contribution in [0.1, 0.15) is 39.2 Å². The van der Waals surface area contributed by atoms with Crippen LogP contribution in [0.5, 0.6) is 0 Å². The van der Waals surface area contributed by atoms with E-state index in [1.807, 2.05) is 12.2 Å². The van der Waals surface area contributed by atoms with Crippen molar-refractivity contribution in [1.29, 1.82) is 0 Å². The highest BCUT2D eigenvalue weighted by Gasteiger charge is 2.14.